The largest absolute Gasteiger partial charge is 0.314 e. The molecule has 0 unspecified atom stereocenters. The molecule has 0 amide bonds. The summed E-state index contributed by atoms with van der Waals surface area (Å²) in [6, 6.07) is 5.38. The molecule has 3 rings (SSSR count). The average Bonchev–Trinajstić information content (AvgIpc) is 3.11. The highest BCUT2D eigenvalue weighted by molar-refractivity contribution is 7.09. The highest BCUT2D eigenvalue weighted by Crippen LogP contribution is 2.43. The smallest absolute Gasteiger partial charge is 0.00682 e. The van der Waals surface area contributed by atoms with Gasteiger partial charge in [-0.3, -0.25) is 0 Å². The highest BCUT2D eigenvalue weighted by atomic mass is 32.1. The summed E-state index contributed by atoms with van der Waals surface area (Å²) in [5.41, 5.74) is 0.657. The first kappa shape index (κ1) is 13.6. The van der Waals surface area contributed by atoms with E-state index in [4.69, 9.17) is 0 Å². The lowest BCUT2D eigenvalue weighted by atomic mass is 9.69. The Balaban J connectivity index is 1.51. The van der Waals surface area contributed by atoms with Crippen LogP contribution in [-0.2, 0) is 6.42 Å². The molecule has 0 spiro atoms. The van der Waals surface area contributed by atoms with Crippen molar-refractivity contribution in [3.8, 4) is 0 Å². The third kappa shape index (κ3) is 4.06. The second-order valence-corrected chi connectivity index (χ2v) is 7.65. The lowest BCUT2D eigenvalue weighted by molar-refractivity contribution is 0.157. The van der Waals surface area contributed by atoms with E-state index >= 15 is 0 Å². The molecule has 19 heavy (non-hydrogen) atoms. The molecule has 106 valence electrons. The Labute approximate surface area is 121 Å². The van der Waals surface area contributed by atoms with Gasteiger partial charge in [0, 0.05) is 10.9 Å². The van der Waals surface area contributed by atoms with Gasteiger partial charge >= 0.3 is 0 Å². The van der Waals surface area contributed by atoms with Crippen LogP contribution >= 0.6 is 11.3 Å². The molecule has 2 saturated carbocycles. The molecule has 1 heterocycles. The van der Waals surface area contributed by atoms with Crippen molar-refractivity contribution in [3.63, 3.8) is 0 Å². The lowest BCUT2D eigenvalue weighted by Gasteiger charge is -2.38. The fourth-order valence-electron chi connectivity index (χ4n) is 3.60. The third-order valence-corrected chi connectivity index (χ3v) is 6.00. The van der Waals surface area contributed by atoms with E-state index in [0.717, 1.165) is 6.04 Å². The summed E-state index contributed by atoms with van der Waals surface area (Å²) in [6.45, 7) is 1.26. The standard InChI is InChI=1S/C17H27NS/c1-2-9-17(10-3-1,12-13-18-15-6-7-15)11-8-16-5-4-14-19-16/h4-5,14-15,18H,1-3,6-13H2. The Morgan fingerprint density at radius 3 is 2.68 bits per heavy atom. The van der Waals surface area contributed by atoms with Crippen LogP contribution in [0.4, 0.5) is 0 Å². The number of thiophene rings is 1. The van der Waals surface area contributed by atoms with Gasteiger partial charge in [0.2, 0.25) is 0 Å². The minimum absolute atomic E-state index is 0.657. The van der Waals surface area contributed by atoms with Crippen LogP contribution in [0.1, 0.15) is 62.7 Å². The van der Waals surface area contributed by atoms with Crippen LogP contribution in [0.2, 0.25) is 0 Å². The molecule has 0 aliphatic heterocycles. The molecule has 1 nitrogen and oxygen atoms in total. The fraction of sp³-hybridized carbons (Fsp3) is 0.765. The van der Waals surface area contributed by atoms with Crippen LogP contribution in [-0.4, -0.2) is 12.6 Å². The Morgan fingerprint density at radius 2 is 2.00 bits per heavy atom. The molecule has 1 N–H and O–H groups in total. The molecule has 0 bridgehead atoms. The fourth-order valence-corrected chi connectivity index (χ4v) is 4.31. The van der Waals surface area contributed by atoms with Crippen LogP contribution in [0.25, 0.3) is 0 Å². The molecule has 0 aromatic carbocycles. The molecule has 2 heteroatoms. The monoisotopic (exact) mass is 277 g/mol. The van der Waals surface area contributed by atoms with Gasteiger partial charge in [0.25, 0.3) is 0 Å². The van der Waals surface area contributed by atoms with E-state index in [0.29, 0.717) is 5.41 Å². The summed E-state index contributed by atoms with van der Waals surface area (Å²) in [6.07, 6.45) is 14.3. The van der Waals surface area contributed by atoms with Crippen molar-refractivity contribution in [2.75, 3.05) is 6.54 Å². The Hall–Kier alpha value is -0.340. The van der Waals surface area contributed by atoms with Gasteiger partial charge in [0.1, 0.15) is 0 Å². The van der Waals surface area contributed by atoms with Gasteiger partial charge in [-0.2, -0.15) is 0 Å². The number of hydrogen-bond acceptors (Lipinski definition) is 2. The van der Waals surface area contributed by atoms with Crippen molar-refractivity contribution in [1.82, 2.24) is 5.32 Å². The first-order valence-corrected chi connectivity index (χ1v) is 9.00. The summed E-state index contributed by atoms with van der Waals surface area (Å²) in [7, 11) is 0. The van der Waals surface area contributed by atoms with Crippen molar-refractivity contribution < 1.29 is 0 Å². The topological polar surface area (TPSA) is 12.0 Å². The molecule has 2 fully saturated rings. The molecule has 0 atom stereocenters. The zero-order valence-corrected chi connectivity index (χ0v) is 12.8. The molecule has 1 aromatic heterocycles. The summed E-state index contributed by atoms with van der Waals surface area (Å²) in [5, 5.41) is 5.94. The zero-order valence-electron chi connectivity index (χ0n) is 12.0. The molecule has 2 aliphatic rings. The second kappa shape index (κ2) is 6.41. The molecule has 1 aromatic rings. The van der Waals surface area contributed by atoms with Gasteiger partial charge in [-0.15, -0.1) is 11.3 Å². The molecular weight excluding hydrogens is 250 g/mol. The quantitative estimate of drug-likeness (QED) is 0.756. The minimum atomic E-state index is 0.657. The minimum Gasteiger partial charge on any atom is -0.314 e. The maximum absolute atomic E-state index is 3.72. The van der Waals surface area contributed by atoms with Crippen LogP contribution in [0.3, 0.4) is 0 Å². The summed E-state index contributed by atoms with van der Waals surface area (Å²) >= 11 is 1.93. The molecule has 0 saturated heterocycles. The molecule has 2 aliphatic carbocycles. The normalized spacial score (nSPS) is 22.5. The van der Waals surface area contributed by atoms with Crippen molar-refractivity contribution in [1.29, 1.82) is 0 Å². The molecular formula is C17H27NS. The highest BCUT2D eigenvalue weighted by Gasteiger charge is 2.32. The van der Waals surface area contributed by atoms with Gasteiger partial charge in [-0.25, -0.2) is 0 Å². The Morgan fingerprint density at radius 1 is 1.16 bits per heavy atom. The predicted molar refractivity (Wildman–Crippen MR) is 83.8 cm³/mol. The van der Waals surface area contributed by atoms with Gasteiger partial charge in [0.15, 0.2) is 0 Å². The Bertz CT molecular complexity index is 361. The summed E-state index contributed by atoms with van der Waals surface area (Å²) in [4.78, 5) is 1.58. The van der Waals surface area contributed by atoms with Crippen molar-refractivity contribution in [2.45, 2.75) is 70.3 Å². The van der Waals surface area contributed by atoms with Crippen LogP contribution in [0.5, 0.6) is 0 Å². The van der Waals surface area contributed by atoms with Gasteiger partial charge in [-0.1, -0.05) is 25.3 Å². The van der Waals surface area contributed by atoms with E-state index < -0.39 is 0 Å². The van der Waals surface area contributed by atoms with Crippen molar-refractivity contribution >= 4 is 11.3 Å². The number of hydrogen-bond donors (Lipinski definition) is 1. The van der Waals surface area contributed by atoms with Crippen molar-refractivity contribution in [3.05, 3.63) is 22.4 Å². The molecule has 0 radical (unpaired) electrons. The third-order valence-electron chi connectivity index (χ3n) is 5.06. The SMILES string of the molecule is c1csc(CCC2(CCNC3CC3)CCCCC2)c1. The van der Waals surface area contributed by atoms with E-state index in [1.165, 1.54) is 70.8 Å². The number of rotatable bonds is 7. The van der Waals surface area contributed by atoms with E-state index in [2.05, 4.69) is 22.8 Å². The first-order valence-electron chi connectivity index (χ1n) is 8.12. The number of nitrogens with one attached hydrogen (secondary N) is 1. The van der Waals surface area contributed by atoms with E-state index in [9.17, 15) is 0 Å². The van der Waals surface area contributed by atoms with Crippen LogP contribution in [0, 0.1) is 5.41 Å². The van der Waals surface area contributed by atoms with Gasteiger partial charge in [0.05, 0.1) is 0 Å². The van der Waals surface area contributed by atoms with E-state index in [1.54, 1.807) is 4.88 Å². The second-order valence-electron chi connectivity index (χ2n) is 6.62. The van der Waals surface area contributed by atoms with Crippen LogP contribution < -0.4 is 5.32 Å². The van der Waals surface area contributed by atoms with E-state index in [-0.39, 0.29) is 0 Å². The maximum atomic E-state index is 3.72. The van der Waals surface area contributed by atoms with Gasteiger partial charge in [-0.05, 0) is 68.4 Å². The van der Waals surface area contributed by atoms with Crippen molar-refractivity contribution in [2.24, 2.45) is 5.41 Å². The summed E-state index contributed by atoms with van der Waals surface area (Å²) in [5.74, 6) is 0. The first-order chi connectivity index (χ1) is 9.36. The zero-order chi connectivity index (χ0) is 13.0. The predicted octanol–water partition coefficient (Wildman–Crippen LogP) is 4.77. The summed E-state index contributed by atoms with van der Waals surface area (Å²) < 4.78 is 0. The number of aryl methyl sites for hydroxylation is 1. The lowest BCUT2D eigenvalue weighted by Crippen LogP contribution is -2.30. The Kier molecular flexibility index (Phi) is 4.60. The average molecular weight is 277 g/mol. The van der Waals surface area contributed by atoms with Crippen LogP contribution in [0.15, 0.2) is 17.5 Å². The van der Waals surface area contributed by atoms with Gasteiger partial charge < -0.3 is 5.32 Å². The van der Waals surface area contributed by atoms with E-state index in [1.807, 2.05) is 11.3 Å². The maximum Gasteiger partial charge on any atom is 0.00682 e.